The first-order valence-corrected chi connectivity index (χ1v) is 6.59. The Kier molecular flexibility index (Phi) is 4.78. The van der Waals surface area contributed by atoms with Crippen LogP contribution in [0.3, 0.4) is 0 Å². The molecule has 2 rings (SSSR count). The maximum absolute atomic E-state index is 10.4. The van der Waals surface area contributed by atoms with Crippen LogP contribution < -0.4 is 4.74 Å². The van der Waals surface area contributed by atoms with Gasteiger partial charge in [-0.05, 0) is 24.3 Å². The van der Waals surface area contributed by atoms with E-state index < -0.39 is 0 Å². The molecule has 18 heavy (non-hydrogen) atoms. The lowest BCUT2D eigenvalue weighted by atomic mass is 10.4. The lowest BCUT2D eigenvalue weighted by molar-refractivity contribution is 0.111. The zero-order valence-electron chi connectivity index (χ0n) is 9.78. The highest BCUT2D eigenvalue weighted by Gasteiger charge is 1.97. The molecule has 4 heteroatoms. The molecule has 2 aromatic rings. The largest absolute Gasteiger partial charge is 0.491 e. The van der Waals surface area contributed by atoms with Gasteiger partial charge in [-0.3, -0.25) is 4.79 Å². The minimum Gasteiger partial charge on any atom is -0.491 e. The number of hydrogen-bond acceptors (Lipinski definition) is 4. The fraction of sp³-hybridized carbons (Fsp3) is 0.143. The molecule has 0 saturated carbocycles. The predicted molar refractivity (Wildman–Crippen MR) is 72.3 cm³/mol. The number of carbonyl (C=O) groups is 1. The molecule has 1 aromatic heterocycles. The van der Waals surface area contributed by atoms with Crippen molar-refractivity contribution < 1.29 is 9.53 Å². The molecule has 0 saturated heterocycles. The van der Waals surface area contributed by atoms with Gasteiger partial charge in [-0.25, -0.2) is 4.98 Å². The van der Waals surface area contributed by atoms with Crippen LogP contribution in [0.5, 0.6) is 5.75 Å². The maximum Gasteiger partial charge on any atom is 0.168 e. The Bertz CT molecular complexity index is 485. The summed E-state index contributed by atoms with van der Waals surface area (Å²) in [6.07, 6.45) is 2.28. The number of ether oxygens (including phenoxy) is 1. The highest BCUT2D eigenvalue weighted by atomic mass is 32.2. The van der Waals surface area contributed by atoms with E-state index in [9.17, 15) is 4.79 Å². The number of rotatable bonds is 6. The van der Waals surface area contributed by atoms with Crippen LogP contribution in [0, 0.1) is 0 Å². The van der Waals surface area contributed by atoms with E-state index in [-0.39, 0.29) is 0 Å². The van der Waals surface area contributed by atoms with E-state index in [4.69, 9.17) is 4.74 Å². The zero-order valence-corrected chi connectivity index (χ0v) is 10.6. The summed E-state index contributed by atoms with van der Waals surface area (Å²) in [4.78, 5) is 15.6. The number of aromatic nitrogens is 1. The van der Waals surface area contributed by atoms with Crippen molar-refractivity contribution in [2.24, 2.45) is 0 Å². The van der Waals surface area contributed by atoms with E-state index in [1.54, 1.807) is 30.1 Å². The minimum atomic E-state index is 0.418. The van der Waals surface area contributed by atoms with Gasteiger partial charge in [0, 0.05) is 10.6 Å². The molecule has 0 amide bonds. The molecule has 3 nitrogen and oxygen atoms in total. The smallest absolute Gasteiger partial charge is 0.168 e. The second-order valence-corrected chi connectivity index (χ2v) is 4.71. The summed E-state index contributed by atoms with van der Waals surface area (Å²) in [6, 6.07) is 13.6. The lowest BCUT2D eigenvalue weighted by Gasteiger charge is -2.05. The maximum atomic E-state index is 10.4. The average molecular weight is 259 g/mol. The number of benzene rings is 1. The molecular formula is C14H13NO2S. The topological polar surface area (TPSA) is 39.2 Å². The average Bonchev–Trinajstić information content (AvgIpc) is 2.45. The van der Waals surface area contributed by atoms with Crippen molar-refractivity contribution >= 4 is 18.0 Å². The fourth-order valence-electron chi connectivity index (χ4n) is 1.38. The van der Waals surface area contributed by atoms with E-state index in [1.165, 1.54) is 4.90 Å². The van der Waals surface area contributed by atoms with E-state index in [0.717, 1.165) is 12.0 Å². The predicted octanol–water partition coefficient (Wildman–Crippen LogP) is 3.07. The van der Waals surface area contributed by atoms with E-state index in [1.807, 2.05) is 18.2 Å². The molecule has 0 atom stereocenters. The molecule has 0 aliphatic heterocycles. The molecule has 92 valence electrons. The third kappa shape index (κ3) is 3.89. The van der Waals surface area contributed by atoms with Crippen molar-refractivity contribution in [1.82, 2.24) is 4.98 Å². The normalized spacial score (nSPS) is 10.0. The number of aldehydes is 1. The first kappa shape index (κ1) is 12.6. The molecule has 0 N–H and O–H groups in total. The van der Waals surface area contributed by atoms with Crippen LogP contribution in [0.25, 0.3) is 0 Å². The number of carbonyl (C=O) groups excluding carboxylic acids is 1. The van der Waals surface area contributed by atoms with Crippen LogP contribution in [0.2, 0.25) is 0 Å². The molecular weight excluding hydrogens is 246 g/mol. The van der Waals surface area contributed by atoms with E-state index in [2.05, 4.69) is 17.1 Å². The summed E-state index contributed by atoms with van der Waals surface area (Å²) in [5.41, 5.74) is 0.418. The van der Waals surface area contributed by atoms with Crippen molar-refractivity contribution in [3.8, 4) is 5.75 Å². The van der Waals surface area contributed by atoms with Crippen LogP contribution in [0.4, 0.5) is 0 Å². The van der Waals surface area contributed by atoms with Crippen molar-refractivity contribution in [3.63, 3.8) is 0 Å². The SMILES string of the molecule is O=Cc1ccc(OCCSc2ccccc2)cn1. The molecule has 1 aromatic carbocycles. The Labute approximate surface area is 110 Å². The molecule has 1 heterocycles. The first-order chi connectivity index (χ1) is 8.88. The highest BCUT2D eigenvalue weighted by Crippen LogP contribution is 2.17. The Morgan fingerprint density at radius 2 is 2.00 bits per heavy atom. The Balaban J connectivity index is 1.73. The molecule has 0 aliphatic rings. The van der Waals surface area contributed by atoms with E-state index in [0.29, 0.717) is 18.1 Å². The molecule has 0 radical (unpaired) electrons. The van der Waals surface area contributed by atoms with Crippen LogP contribution >= 0.6 is 11.8 Å². The van der Waals surface area contributed by atoms with Gasteiger partial charge in [-0.2, -0.15) is 0 Å². The summed E-state index contributed by atoms with van der Waals surface area (Å²) in [5.74, 6) is 1.56. The second-order valence-electron chi connectivity index (χ2n) is 3.55. The van der Waals surface area contributed by atoms with Gasteiger partial charge in [0.2, 0.25) is 0 Å². The third-order valence-corrected chi connectivity index (χ3v) is 3.22. The molecule has 0 aliphatic carbocycles. The van der Waals surface area contributed by atoms with Crippen molar-refractivity contribution in [1.29, 1.82) is 0 Å². The van der Waals surface area contributed by atoms with Crippen molar-refractivity contribution in [2.75, 3.05) is 12.4 Å². The molecule has 0 spiro atoms. The van der Waals surface area contributed by atoms with Gasteiger partial charge >= 0.3 is 0 Å². The fourth-order valence-corrected chi connectivity index (χ4v) is 2.13. The number of nitrogens with zero attached hydrogens (tertiary/aromatic N) is 1. The van der Waals surface area contributed by atoms with Gasteiger partial charge in [0.1, 0.15) is 11.4 Å². The van der Waals surface area contributed by atoms with Crippen LogP contribution in [0.1, 0.15) is 10.5 Å². The third-order valence-electron chi connectivity index (χ3n) is 2.24. The zero-order chi connectivity index (χ0) is 12.6. The second kappa shape index (κ2) is 6.81. The van der Waals surface area contributed by atoms with Crippen molar-refractivity contribution in [3.05, 3.63) is 54.4 Å². The van der Waals surface area contributed by atoms with Crippen molar-refractivity contribution in [2.45, 2.75) is 4.90 Å². The highest BCUT2D eigenvalue weighted by molar-refractivity contribution is 7.99. The summed E-state index contributed by atoms with van der Waals surface area (Å²) >= 11 is 1.75. The molecule has 0 fully saturated rings. The van der Waals surface area contributed by atoms with Gasteiger partial charge in [0.05, 0.1) is 12.8 Å². The first-order valence-electron chi connectivity index (χ1n) is 5.60. The summed E-state index contributed by atoms with van der Waals surface area (Å²) in [7, 11) is 0. The lowest BCUT2D eigenvalue weighted by Crippen LogP contribution is -2.00. The summed E-state index contributed by atoms with van der Waals surface area (Å²) < 4.78 is 5.53. The van der Waals surface area contributed by atoms with Crippen LogP contribution in [-0.4, -0.2) is 23.6 Å². The number of pyridine rings is 1. The van der Waals surface area contributed by atoms with Gasteiger partial charge in [-0.1, -0.05) is 18.2 Å². The monoisotopic (exact) mass is 259 g/mol. The number of thioether (sulfide) groups is 1. The Morgan fingerprint density at radius 1 is 1.17 bits per heavy atom. The quantitative estimate of drug-likeness (QED) is 0.454. The van der Waals surface area contributed by atoms with Gasteiger partial charge in [0.25, 0.3) is 0 Å². The Morgan fingerprint density at radius 3 is 2.67 bits per heavy atom. The number of hydrogen-bond donors (Lipinski definition) is 0. The van der Waals surface area contributed by atoms with Crippen LogP contribution in [0.15, 0.2) is 53.6 Å². The Hall–Kier alpha value is -1.81. The summed E-state index contributed by atoms with van der Waals surface area (Å²) in [6.45, 7) is 0.613. The van der Waals surface area contributed by atoms with Gasteiger partial charge < -0.3 is 4.74 Å². The van der Waals surface area contributed by atoms with E-state index >= 15 is 0 Å². The van der Waals surface area contributed by atoms with Gasteiger partial charge in [0.15, 0.2) is 6.29 Å². The standard InChI is InChI=1S/C14H13NO2S/c16-11-12-6-7-13(10-15-12)17-8-9-18-14-4-2-1-3-5-14/h1-7,10-11H,8-9H2. The summed E-state index contributed by atoms with van der Waals surface area (Å²) in [5, 5.41) is 0. The molecule has 0 unspecified atom stereocenters. The molecule has 0 bridgehead atoms. The van der Waals surface area contributed by atoms with Gasteiger partial charge in [-0.15, -0.1) is 11.8 Å². The minimum absolute atomic E-state index is 0.418. The van der Waals surface area contributed by atoms with Crippen LogP contribution in [-0.2, 0) is 0 Å².